The van der Waals surface area contributed by atoms with E-state index in [9.17, 15) is 31.6 Å². The summed E-state index contributed by atoms with van der Waals surface area (Å²) in [6.07, 6.45) is 0. The van der Waals surface area contributed by atoms with Crippen LogP contribution in [0.2, 0.25) is 0 Å². The fourth-order valence-electron chi connectivity index (χ4n) is 3.11. The Hall–Kier alpha value is -4.00. The number of carbonyl (C=O) groups is 1. The molecular weight excluding hydrogens is 474 g/mol. The van der Waals surface area contributed by atoms with Crippen molar-refractivity contribution in [3.63, 3.8) is 0 Å². The highest BCUT2D eigenvalue weighted by Gasteiger charge is 2.32. The lowest BCUT2D eigenvalue weighted by Crippen LogP contribution is -2.42. The lowest BCUT2D eigenvalue weighted by atomic mass is 10.3. The van der Waals surface area contributed by atoms with Crippen molar-refractivity contribution in [2.45, 2.75) is 18.7 Å². The number of nitrogens with zero attached hydrogens (tertiary/aromatic N) is 1. The summed E-state index contributed by atoms with van der Waals surface area (Å²) in [7, 11) is -4.70. The minimum atomic E-state index is -4.70. The quantitative estimate of drug-likeness (QED) is 0.437. The number of anilines is 2. The van der Waals surface area contributed by atoms with Crippen LogP contribution in [0.1, 0.15) is 12.6 Å². The second kappa shape index (κ2) is 9.87. The van der Waals surface area contributed by atoms with Crippen molar-refractivity contribution in [1.82, 2.24) is 9.97 Å². The van der Waals surface area contributed by atoms with Gasteiger partial charge in [0.15, 0.2) is 4.90 Å². The van der Waals surface area contributed by atoms with Crippen molar-refractivity contribution in [2.24, 2.45) is 0 Å². The van der Waals surface area contributed by atoms with Gasteiger partial charge in [-0.1, -0.05) is 0 Å². The van der Waals surface area contributed by atoms with Gasteiger partial charge >= 0.3 is 5.69 Å². The number of sulfonamides is 1. The minimum Gasteiger partial charge on any atom is -0.494 e. The maximum absolute atomic E-state index is 14.0. The van der Waals surface area contributed by atoms with Crippen molar-refractivity contribution in [3.05, 3.63) is 80.6 Å². The number of benzene rings is 2. The molecule has 3 aromatic rings. The topological polar surface area (TPSA) is 141 Å². The molecule has 0 aliphatic heterocycles. The number of hydrogen-bond acceptors (Lipinski definition) is 6. The van der Waals surface area contributed by atoms with Crippen LogP contribution in [0.15, 0.2) is 56.9 Å². The zero-order chi connectivity index (χ0) is 25.0. The van der Waals surface area contributed by atoms with Crippen molar-refractivity contribution in [2.75, 3.05) is 22.8 Å². The Morgan fingerprint density at radius 3 is 2.35 bits per heavy atom. The molecule has 180 valence electrons. The van der Waals surface area contributed by atoms with Crippen molar-refractivity contribution < 1.29 is 26.7 Å². The van der Waals surface area contributed by atoms with E-state index < -0.39 is 50.3 Å². The molecule has 1 heterocycles. The predicted molar refractivity (Wildman–Crippen MR) is 120 cm³/mol. The molecule has 0 radical (unpaired) electrons. The lowest BCUT2D eigenvalue weighted by molar-refractivity contribution is -0.114. The van der Waals surface area contributed by atoms with E-state index >= 15 is 0 Å². The van der Waals surface area contributed by atoms with E-state index in [1.165, 1.54) is 31.2 Å². The Morgan fingerprint density at radius 1 is 1.09 bits per heavy atom. The third-order valence-electron chi connectivity index (χ3n) is 4.55. The van der Waals surface area contributed by atoms with Crippen LogP contribution >= 0.6 is 0 Å². The SMILES string of the molecule is CCOc1ccc(N(CC(=O)Nc2ccc(F)cc2F)S(=O)(=O)c2c(C)[nH]c(=O)[nH]c2=O)cc1. The summed E-state index contributed by atoms with van der Waals surface area (Å²) in [5.74, 6) is -2.46. The molecule has 0 atom stereocenters. The van der Waals surface area contributed by atoms with E-state index in [2.05, 4.69) is 10.3 Å². The first-order valence-electron chi connectivity index (χ1n) is 9.86. The molecular formula is C21H20F2N4O6S. The average molecular weight is 494 g/mol. The van der Waals surface area contributed by atoms with Crippen LogP contribution in [0.25, 0.3) is 0 Å². The monoisotopic (exact) mass is 494 g/mol. The standard InChI is InChI=1S/C21H20F2N4O6S/c1-3-33-15-7-5-14(6-8-15)27(11-18(28)25-17-9-4-13(22)10-16(17)23)34(31,32)19-12(2)24-21(30)26-20(19)29/h4-10H,3,11H2,1-2H3,(H,25,28)(H2,24,26,29,30). The maximum atomic E-state index is 14.0. The van der Waals surface area contributed by atoms with Crippen molar-refractivity contribution in [3.8, 4) is 5.75 Å². The van der Waals surface area contributed by atoms with Gasteiger partial charge in [-0.25, -0.2) is 22.0 Å². The van der Waals surface area contributed by atoms with Crippen LogP contribution in [0.3, 0.4) is 0 Å². The van der Waals surface area contributed by atoms with Gasteiger partial charge in [-0.2, -0.15) is 0 Å². The van der Waals surface area contributed by atoms with Gasteiger partial charge < -0.3 is 15.0 Å². The van der Waals surface area contributed by atoms with Gasteiger partial charge in [0.25, 0.3) is 15.6 Å². The van der Waals surface area contributed by atoms with Crippen LogP contribution in [0.5, 0.6) is 5.75 Å². The Morgan fingerprint density at radius 2 is 1.76 bits per heavy atom. The Labute approximate surface area is 192 Å². The van der Waals surface area contributed by atoms with E-state index in [1.54, 1.807) is 6.92 Å². The smallest absolute Gasteiger partial charge is 0.325 e. The number of H-pyrrole nitrogens is 2. The van der Waals surface area contributed by atoms with Crippen molar-refractivity contribution >= 4 is 27.3 Å². The van der Waals surface area contributed by atoms with Crippen LogP contribution in [-0.4, -0.2) is 37.4 Å². The molecule has 0 saturated heterocycles. The largest absolute Gasteiger partial charge is 0.494 e. The van der Waals surface area contributed by atoms with Gasteiger partial charge in [-0.15, -0.1) is 0 Å². The number of halogens is 2. The predicted octanol–water partition coefficient (Wildman–Crippen LogP) is 1.88. The van der Waals surface area contributed by atoms with Crippen LogP contribution < -0.4 is 25.6 Å². The van der Waals surface area contributed by atoms with Crippen LogP contribution in [-0.2, 0) is 14.8 Å². The van der Waals surface area contributed by atoms with Crippen LogP contribution in [0.4, 0.5) is 20.2 Å². The summed E-state index contributed by atoms with van der Waals surface area (Å²) in [4.78, 5) is 39.8. The number of rotatable bonds is 8. The van der Waals surface area contributed by atoms with E-state index in [1.807, 2.05) is 4.98 Å². The normalized spacial score (nSPS) is 11.2. The maximum Gasteiger partial charge on any atom is 0.325 e. The fourth-order valence-corrected chi connectivity index (χ4v) is 4.74. The summed E-state index contributed by atoms with van der Waals surface area (Å²) in [6, 6.07) is 8.08. The van der Waals surface area contributed by atoms with E-state index in [0.717, 1.165) is 12.1 Å². The molecule has 10 nitrogen and oxygen atoms in total. The van der Waals surface area contributed by atoms with Gasteiger partial charge in [-0.05, 0) is 50.2 Å². The molecule has 0 aliphatic rings. The van der Waals surface area contributed by atoms with E-state index in [0.29, 0.717) is 22.7 Å². The minimum absolute atomic E-state index is 0.0109. The zero-order valence-corrected chi connectivity index (χ0v) is 18.8. The van der Waals surface area contributed by atoms with Crippen LogP contribution in [0, 0.1) is 18.6 Å². The number of ether oxygens (including phenoxy) is 1. The van der Waals surface area contributed by atoms with Gasteiger partial charge in [0.05, 0.1) is 18.0 Å². The molecule has 0 saturated carbocycles. The highest BCUT2D eigenvalue weighted by Crippen LogP contribution is 2.26. The summed E-state index contributed by atoms with van der Waals surface area (Å²) >= 11 is 0. The second-order valence-corrected chi connectivity index (χ2v) is 8.77. The summed E-state index contributed by atoms with van der Waals surface area (Å²) in [6.45, 7) is 2.47. The van der Waals surface area contributed by atoms with Gasteiger partial charge in [0.2, 0.25) is 5.91 Å². The molecule has 0 spiro atoms. The first kappa shape index (κ1) is 24.6. The van der Waals surface area contributed by atoms with Gasteiger partial charge in [-0.3, -0.25) is 18.9 Å². The van der Waals surface area contributed by atoms with Gasteiger partial charge in [0, 0.05) is 11.8 Å². The Kier molecular flexibility index (Phi) is 7.15. The molecule has 0 aliphatic carbocycles. The van der Waals surface area contributed by atoms with Crippen molar-refractivity contribution in [1.29, 1.82) is 0 Å². The second-order valence-electron chi connectivity index (χ2n) is 6.97. The third-order valence-corrected chi connectivity index (χ3v) is 6.48. The zero-order valence-electron chi connectivity index (χ0n) is 18.0. The molecule has 0 unspecified atom stereocenters. The highest BCUT2D eigenvalue weighted by molar-refractivity contribution is 7.92. The summed E-state index contributed by atoms with van der Waals surface area (Å²) in [5.41, 5.74) is -2.70. The van der Waals surface area contributed by atoms with Gasteiger partial charge in [0.1, 0.15) is 23.9 Å². The molecule has 3 rings (SSSR count). The number of aryl methyl sites for hydroxylation is 1. The molecule has 13 heteroatoms. The molecule has 3 N–H and O–H groups in total. The summed E-state index contributed by atoms with van der Waals surface area (Å²) < 4.78 is 59.9. The number of aromatic nitrogens is 2. The molecule has 1 aromatic heterocycles. The number of carbonyl (C=O) groups excluding carboxylic acids is 1. The molecule has 1 amide bonds. The highest BCUT2D eigenvalue weighted by atomic mass is 32.2. The Balaban J connectivity index is 2.04. The molecule has 0 fully saturated rings. The average Bonchev–Trinajstić information content (AvgIpc) is 2.74. The fraction of sp³-hybridized carbons (Fsp3) is 0.190. The number of nitrogens with one attached hydrogen (secondary N) is 3. The summed E-state index contributed by atoms with van der Waals surface area (Å²) in [5, 5.41) is 2.18. The molecule has 2 aromatic carbocycles. The first-order valence-corrected chi connectivity index (χ1v) is 11.3. The molecule has 34 heavy (non-hydrogen) atoms. The molecule has 0 bridgehead atoms. The number of amides is 1. The first-order chi connectivity index (χ1) is 16.0. The Bertz CT molecular complexity index is 1430. The lowest BCUT2D eigenvalue weighted by Gasteiger charge is -2.24. The van der Waals surface area contributed by atoms with E-state index in [4.69, 9.17) is 4.74 Å². The van der Waals surface area contributed by atoms with E-state index in [-0.39, 0.29) is 17.1 Å². The number of hydrogen-bond donors (Lipinski definition) is 3. The number of aromatic amines is 2. The third kappa shape index (κ3) is 5.31.